The van der Waals surface area contributed by atoms with Gasteiger partial charge in [-0.15, -0.1) is 0 Å². The summed E-state index contributed by atoms with van der Waals surface area (Å²) in [5.74, 6) is 3.23. The maximum Gasteiger partial charge on any atom is 0.0972 e. The second-order valence-electron chi connectivity index (χ2n) is 5.24. The van der Waals surface area contributed by atoms with Crippen LogP contribution < -0.4 is 4.72 Å². The zero-order chi connectivity index (χ0) is 11.5. The Hall–Kier alpha value is 0.460. The van der Waals surface area contributed by atoms with E-state index in [4.69, 9.17) is 0 Å². The van der Waals surface area contributed by atoms with Crippen molar-refractivity contribution in [3.63, 3.8) is 0 Å². The minimum Gasteiger partial charge on any atom is -0.242 e. The Balaban J connectivity index is 2.40. The molecule has 0 amide bonds. The third-order valence-electron chi connectivity index (χ3n) is 2.82. The molecule has 1 N–H and O–H groups in total. The molecule has 0 aromatic carbocycles. The number of hydrogen-bond donors (Lipinski definition) is 1. The molecule has 2 atom stereocenters. The summed E-state index contributed by atoms with van der Waals surface area (Å²) in [6.45, 7) is 8.21. The second kappa shape index (κ2) is 5.69. The van der Waals surface area contributed by atoms with Crippen LogP contribution in [0.4, 0.5) is 0 Å². The number of nitrogens with one attached hydrogen (secondary N) is 1. The van der Waals surface area contributed by atoms with Gasteiger partial charge in [-0.05, 0) is 58.0 Å². The highest BCUT2D eigenvalue weighted by molar-refractivity contribution is 7.99. The fraction of sp³-hybridized carbons (Fsp3) is 1.00. The quantitative estimate of drug-likeness (QED) is 0.833. The molecular weight excluding hydrogens is 226 g/mol. The Labute approximate surface area is 101 Å². The highest BCUT2D eigenvalue weighted by Crippen LogP contribution is 2.26. The SMILES string of the molecule is CC(NS(=O)C(C)(C)C)C1CCSCC1. The van der Waals surface area contributed by atoms with E-state index in [1.54, 1.807) is 0 Å². The van der Waals surface area contributed by atoms with Crippen molar-refractivity contribution in [1.82, 2.24) is 4.72 Å². The summed E-state index contributed by atoms with van der Waals surface area (Å²) in [6, 6.07) is 0.381. The molecule has 0 radical (unpaired) electrons. The first-order chi connectivity index (χ1) is 6.91. The maximum absolute atomic E-state index is 11.9. The van der Waals surface area contributed by atoms with E-state index in [1.807, 2.05) is 32.5 Å². The Bertz CT molecular complexity index is 219. The maximum atomic E-state index is 11.9. The molecule has 1 heterocycles. The normalized spacial score (nSPS) is 23.7. The molecule has 15 heavy (non-hydrogen) atoms. The molecule has 0 aromatic heterocycles. The molecule has 90 valence electrons. The van der Waals surface area contributed by atoms with Crippen molar-refractivity contribution in [2.24, 2.45) is 5.92 Å². The second-order valence-corrected chi connectivity index (χ2v) is 8.46. The van der Waals surface area contributed by atoms with Gasteiger partial charge in [0.2, 0.25) is 0 Å². The Morgan fingerprint density at radius 3 is 2.33 bits per heavy atom. The van der Waals surface area contributed by atoms with Gasteiger partial charge in [0.05, 0.1) is 15.7 Å². The molecule has 0 bridgehead atoms. The van der Waals surface area contributed by atoms with Crippen molar-refractivity contribution in [2.75, 3.05) is 11.5 Å². The monoisotopic (exact) mass is 249 g/mol. The highest BCUT2D eigenvalue weighted by atomic mass is 32.2. The predicted molar refractivity (Wildman–Crippen MR) is 70.5 cm³/mol. The smallest absolute Gasteiger partial charge is 0.0972 e. The van der Waals surface area contributed by atoms with Gasteiger partial charge in [0.25, 0.3) is 0 Å². The average Bonchev–Trinajstić information content (AvgIpc) is 2.17. The van der Waals surface area contributed by atoms with Crippen molar-refractivity contribution in [3.05, 3.63) is 0 Å². The number of hydrogen-bond acceptors (Lipinski definition) is 2. The number of rotatable bonds is 3. The molecule has 2 nitrogen and oxygen atoms in total. The molecule has 1 fully saturated rings. The van der Waals surface area contributed by atoms with E-state index < -0.39 is 11.0 Å². The van der Waals surface area contributed by atoms with Crippen LogP contribution in [0.25, 0.3) is 0 Å². The summed E-state index contributed by atoms with van der Waals surface area (Å²) < 4.78 is 15.0. The minimum atomic E-state index is -0.926. The molecule has 1 aliphatic rings. The minimum absolute atomic E-state index is 0.155. The molecule has 1 saturated heterocycles. The van der Waals surface area contributed by atoms with Gasteiger partial charge >= 0.3 is 0 Å². The predicted octanol–water partition coefficient (Wildman–Crippen LogP) is 2.57. The van der Waals surface area contributed by atoms with Gasteiger partial charge in [0.1, 0.15) is 0 Å². The van der Waals surface area contributed by atoms with Crippen LogP contribution in [0.1, 0.15) is 40.5 Å². The topological polar surface area (TPSA) is 29.1 Å². The summed E-state index contributed by atoms with van der Waals surface area (Å²) in [4.78, 5) is 0. The Kier molecular flexibility index (Phi) is 5.13. The van der Waals surface area contributed by atoms with Crippen molar-refractivity contribution < 1.29 is 4.21 Å². The van der Waals surface area contributed by atoms with Crippen molar-refractivity contribution in [1.29, 1.82) is 0 Å². The van der Waals surface area contributed by atoms with Gasteiger partial charge < -0.3 is 0 Å². The van der Waals surface area contributed by atoms with E-state index in [1.165, 1.54) is 24.3 Å². The van der Waals surface area contributed by atoms with Crippen LogP contribution in [0.5, 0.6) is 0 Å². The lowest BCUT2D eigenvalue weighted by Crippen LogP contribution is -2.42. The molecule has 0 aromatic rings. The van der Waals surface area contributed by atoms with Crippen molar-refractivity contribution >= 4 is 22.7 Å². The molecule has 2 unspecified atom stereocenters. The average molecular weight is 249 g/mol. The molecule has 1 rings (SSSR count). The molecule has 1 aliphatic heterocycles. The van der Waals surface area contributed by atoms with E-state index >= 15 is 0 Å². The lowest BCUT2D eigenvalue weighted by atomic mass is 9.96. The summed E-state index contributed by atoms with van der Waals surface area (Å²) in [7, 11) is -0.926. The lowest BCUT2D eigenvalue weighted by molar-refractivity contribution is 0.393. The van der Waals surface area contributed by atoms with E-state index in [0.29, 0.717) is 12.0 Å². The fourth-order valence-corrected chi connectivity index (χ4v) is 3.68. The van der Waals surface area contributed by atoms with Gasteiger partial charge in [0.15, 0.2) is 0 Å². The molecule has 4 heteroatoms. The first-order valence-corrected chi connectivity index (χ1v) is 7.97. The van der Waals surface area contributed by atoms with Crippen LogP contribution >= 0.6 is 11.8 Å². The Morgan fingerprint density at radius 1 is 1.33 bits per heavy atom. The highest BCUT2D eigenvalue weighted by Gasteiger charge is 2.26. The molecule has 0 spiro atoms. The lowest BCUT2D eigenvalue weighted by Gasteiger charge is -2.30. The third-order valence-corrected chi connectivity index (χ3v) is 5.57. The zero-order valence-electron chi connectivity index (χ0n) is 10.2. The van der Waals surface area contributed by atoms with Gasteiger partial charge in [0, 0.05) is 6.04 Å². The van der Waals surface area contributed by atoms with Crippen LogP contribution in [-0.2, 0) is 11.0 Å². The van der Waals surface area contributed by atoms with E-state index in [9.17, 15) is 4.21 Å². The van der Waals surface area contributed by atoms with Gasteiger partial charge in [-0.1, -0.05) is 0 Å². The fourth-order valence-electron chi connectivity index (χ4n) is 1.66. The molecule has 0 saturated carbocycles. The third kappa shape index (κ3) is 4.45. The zero-order valence-corrected chi connectivity index (χ0v) is 11.8. The first kappa shape index (κ1) is 13.5. The Morgan fingerprint density at radius 2 is 1.87 bits per heavy atom. The largest absolute Gasteiger partial charge is 0.242 e. The summed E-state index contributed by atoms with van der Waals surface area (Å²) in [5.41, 5.74) is 0. The first-order valence-electron chi connectivity index (χ1n) is 5.67. The van der Waals surface area contributed by atoms with Crippen molar-refractivity contribution in [3.8, 4) is 0 Å². The standard InChI is InChI=1S/C11H23NOS2/c1-9(10-5-7-14-8-6-10)12-15(13)11(2,3)4/h9-10,12H,5-8H2,1-4H3. The molecule has 0 aliphatic carbocycles. The number of thioether (sulfide) groups is 1. The van der Waals surface area contributed by atoms with Crippen LogP contribution in [0.2, 0.25) is 0 Å². The van der Waals surface area contributed by atoms with Gasteiger partial charge in [-0.3, -0.25) is 0 Å². The summed E-state index contributed by atoms with van der Waals surface area (Å²) in [6.07, 6.45) is 2.53. The van der Waals surface area contributed by atoms with Crippen molar-refractivity contribution in [2.45, 2.75) is 51.3 Å². The van der Waals surface area contributed by atoms with E-state index in [2.05, 4.69) is 11.6 Å². The van der Waals surface area contributed by atoms with Crippen LogP contribution in [0.3, 0.4) is 0 Å². The van der Waals surface area contributed by atoms with Crippen LogP contribution in [0, 0.1) is 5.92 Å². The van der Waals surface area contributed by atoms with E-state index in [0.717, 1.165) is 0 Å². The van der Waals surface area contributed by atoms with E-state index in [-0.39, 0.29) is 4.75 Å². The van der Waals surface area contributed by atoms with Crippen LogP contribution in [-0.4, -0.2) is 26.5 Å². The van der Waals surface area contributed by atoms with Gasteiger partial charge in [-0.25, -0.2) is 8.93 Å². The summed E-state index contributed by atoms with van der Waals surface area (Å²) >= 11 is 2.04. The molecular formula is C11H23NOS2. The summed E-state index contributed by atoms with van der Waals surface area (Å²) in [5, 5.41) is 0. The van der Waals surface area contributed by atoms with Crippen LogP contribution in [0.15, 0.2) is 0 Å². The van der Waals surface area contributed by atoms with Gasteiger partial charge in [-0.2, -0.15) is 11.8 Å².